The zero-order chi connectivity index (χ0) is 26.9. The average Bonchev–Trinajstić information content (AvgIpc) is 3.27. The van der Waals surface area contributed by atoms with E-state index in [0.29, 0.717) is 11.8 Å². The van der Waals surface area contributed by atoms with Crippen molar-refractivity contribution in [3.8, 4) is 5.69 Å². The van der Waals surface area contributed by atoms with Crippen LogP contribution in [0.1, 0.15) is 17.3 Å². The van der Waals surface area contributed by atoms with Crippen LogP contribution in [0.5, 0.6) is 0 Å². The molecule has 0 spiro atoms. The third-order valence-corrected chi connectivity index (χ3v) is 5.63. The number of fused-ring (bicyclic) bond motifs is 1. The zero-order valence-electron chi connectivity index (χ0n) is 19.6. The Morgan fingerprint density at radius 1 is 1.27 bits per heavy atom. The maximum absolute atomic E-state index is 15.3. The number of oxime groups is 2. The van der Waals surface area contributed by atoms with E-state index in [1.54, 1.807) is 6.92 Å². The molecular formula is C23H21F3N6O5. The topological polar surface area (TPSA) is 145 Å². The zero-order valence-corrected chi connectivity index (χ0v) is 19.6. The second-order valence-electron chi connectivity index (χ2n) is 7.94. The van der Waals surface area contributed by atoms with Crippen molar-refractivity contribution in [2.24, 2.45) is 22.0 Å². The van der Waals surface area contributed by atoms with E-state index < -0.39 is 45.7 Å². The summed E-state index contributed by atoms with van der Waals surface area (Å²) < 4.78 is 44.5. The monoisotopic (exact) mass is 518 g/mol. The molecule has 1 saturated heterocycles. The maximum atomic E-state index is 15.3. The van der Waals surface area contributed by atoms with Crippen LogP contribution in [-0.2, 0) is 9.68 Å². The summed E-state index contributed by atoms with van der Waals surface area (Å²) in [6, 6.07) is 3.41. The molecule has 0 amide bonds. The van der Waals surface area contributed by atoms with E-state index in [9.17, 15) is 23.5 Å². The summed E-state index contributed by atoms with van der Waals surface area (Å²) in [4.78, 5) is 40.1. The summed E-state index contributed by atoms with van der Waals surface area (Å²) in [6.45, 7) is 2.06. The first-order valence-corrected chi connectivity index (χ1v) is 10.9. The number of nitrogens with zero attached hydrogens (tertiary/aromatic N) is 5. The number of amidine groups is 1. The van der Waals surface area contributed by atoms with Gasteiger partial charge in [-0.15, -0.1) is 0 Å². The summed E-state index contributed by atoms with van der Waals surface area (Å²) in [5.41, 5.74) is 4.10. The van der Waals surface area contributed by atoms with Crippen molar-refractivity contribution in [3.63, 3.8) is 0 Å². The average molecular weight is 518 g/mol. The van der Waals surface area contributed by atoms with Crippen molar-refractivity contribution in [3.05, 3.63) is 63.7 Å². The Bertz CT molecular complexity index is 1510. The molecule has 194 valence electrons. The molecule has 14 heteroatoms. The van der Waals surface area contributed by atoms with E-state index in [4.69, 9.17) is 15.4 Å². The number of benzene rings is 1. The molecule has 0 bridgehead atoms. The van der Waals surface area contributed by atoms with Crippen LogP contribution in [0.4, 0.5) is 19.0 Å². The lowest BCUT2D eigenvalue weighted by Gasteiger charge is -2.19. The summed E-state index contributed by atoms with van der Waals surface area (Å²) in [5, 5.41) is 16.8. The molecule has 0 aliphatic carbocycles. The lowest BCUT2D eigenvalue weighted by atomic mass is 10.1. The molecule has 1 fully saturated rings. The summed E-state index contributed by atoms with van der Waals surface area (Å²) in [6.07, 6.45) is 0.856. The van der Waals surface area contributed by atoms with Crippen LogP contribution in [0.2, 0.25) is 0 Å². The van der Waals surface area contributed by atoms with Gasteiger partial charge >= 0.3 is 5.97 Å². The molecule has 11 nitrogen and oxygen atoms in total. The fraction of sp³-hybridized carbons (Fsp3) is 0.261. The van der Waals surface area contributed by atoms with Crippen LogP contribution in [0.15, 0.2) is 45.6 Å². The number of nitrogens with two attached hydrogens (primary N) is 1. The molecule has 3 N–H and O–H groups in total. The number of hydrogen-bond acceptors (Lipinski definition) is 8. The van der Waals surface area contributed by atoms with Gasteiger partial charge in [0.05, 0.1) is 29.2 Å². The number of halogens is 3. The number of hydrogen-bond donors (Lipinski definition) is 2. The Morgan fingerprint density at radius 3 is 2.68 bits per heavy atom. The second kappa shape index (κ2) is 10.2. The molecule has 1 aliphatic rings. The lowest BCUT2D eigenvalue weighted by molar-refractivity contribution is 0.0695. The Morgan fingerprint density at radius 2 is 2.03 bits per heavy atom. The Hall–Kier alpha value is -4.62. The van der Waals surface area contributed by atoms with Gasteiger partial charge in [0.25, 0.3) is 0 Å². The van der Waals surface area contributed by atoms with Gasteiger partial charge in [-0.25, -0.2) is 22.9 Å². The van der Waals surface area contributed by atoms with E-state index in [-0.39, 0.29) is 42.7 Å². The van der Waals surface area contributed by atoms with Crippen LogP contribution in [0.3, 0.4) is 0 Å². The van der Waals surface area contributed by atoms with E-state index in [1.165, 1.54) is 12.0 Å². The number of rotatable bonds is 7. The highest BCUT2D eigenvalue weighted by molar-refractivity contribution is 6.10. The first-order valence-electron chi connectivity index (χ1n) is 10.9. The number of carboxylic acid groups (broad SMARTS) is 1. The first kappa shape index (κ1) is 25.5. The summed E-state index contributed by atoms with van der Waals surface area (Å²) in [7, 11) is 1.33. The standard InChI is InChI=1S/C23H21F3N6O5/c1-3-37-30-20(27)13-8-31(10-17(13)29-36-2)22-16(26)7-12-19(33)14(23(34)35)9-32(21(12)28-22)18-5-4-11(24)6-15(18)25/h4-7,9,13H,3,8,10H2,1-2H3,(H2,27,30)(H,34,35)/b29-17+. The van der Waals surface area contributed by atoms with Crippen LogP contribution in [0, 0.1) is 23.4 Å². The minimum Gasteiger partial charge on any atom is -0.477 e. The third kappa shape index (κ3) is 4.77. The first-order chi connectivity index (χ1) is 17.7. The second-order valence-corrected chi connectivity index (χ2v) is 7.94. The van der Waals surface area contributed by atoms with Crippen molar-refractivity contribution >= 4 is 34.4 Å². The van der Waals surface area contributed by atoms with E-state index in [2.05, 4.69) is 15.3 Å². The highest BCUT2D eigenvalue weighted by Crippen LogP contribution is 2.28. The van der Waals surface area contributed by atoms with Gasteiger partial charge in [-0.05, 0) is 25.1 Å². The van der Waals surface area contributed by atoms with Gasteiger partial charge in [0, 0.05) is 18.8 Å². The van der Waals surface area contributed by atoms with Gasteiger partial charge in [0.15, 0.2) is 17.3 Å². The molecule has 1 unspecified atom stereocenters. The van der Waals surface area contributed by atoms with Gasteiger partial charge in [0.2, 0.25) is 5.43 Å². The van der Waals surface area contributed by atoms with Crippen LogP contribution >= 0.6 is 0 Å². The number of anilines is 1. The number of aromatic carboxylic acids is 1. The normalized spacial score (nSPS) is 17.0. The SMILES string of the molecule is CCO/N=C(/N)C1CN(c2nc3c(cc2F)c(=O)c(C(=O)O)cn3-c2ccc(F)cc2F)C/C1=N\OC. The van der Waals surface area contributed by atoms with Gasteiger partial charge in [0.1, 0.15) is 36.8 Å². The molecule has 1 aromatic carbocycles. The Kier molecular flexibility index (Phi) is 7.00. The van der Waals surface area contributed by atoms with Crippen LogP contribution in [0.25, 0.3) is 16.7 Å². The molecule has 1 atom stereocenters. The molecule has 3 heterocycles. The molecule has 3 aromatic rings. The minimum atomic E-state index is -1.61. The van der Waals surface area contributed by atoms with Crippen LogP contribution < -0.4 is 16.1 Å². The van der Waals surface area contributed by atoms with Gasteiger partial charge in [-0.2, -0.15) is 0 Å². The lowest BCUT2D eigenvalue weighted by Crippen LogP contribution is -2.31. The largest absolute Gasteiger partial charge is 0.477 e. The number of carbonyl (C=O) groups is 1. The Labute approximate surface area is 207 Å². The van der Waals surface area contributed by atoms with Crippen molar-refractivity contribution < 1.29 is 32.7 Å². The minimum absolute atomic E-state index is 0.0125. The molecule has 1 aliphatic heterocycles. The van der Waals surface area contributed by atoms with E-state index >= 15 is 4.39 Å². The highest BCUT2D eigenvalue weighted by Gasteiger charge is 2.35. The summed E-state index contributed by atoms with van der Waals surface area (Å²) in [5.74, 6) is -5.28. The van der Waals surface area contributed by atoms with Crippen molar-refractivity contribution in [1.82, 2.24) is 9.55 Å². The molecular weight excluding hydrogens is 497 g/mol. The molecule has 4 rings (SSSR count). The maximum Gasteiger partial charge on any atom is 0.341 e. The van der Waals surface area contributed by atoms with Crippen LogP contribution in [-0.4, -0.2) is 59.0 Å². The van der Waals surface area contributed by atoms with E-state index in [1.807, 2.05) is 0 Å². The van der Waals surface area contributed by atoms with Gasteiger partial charge < -0.3 is 25.4 Å². The predicted molar refractivity (Wildman–Crippen MR) is 128 cm³/mol. The molecule has 0 radical (unpaired) electrons. The van der Waals surface area contributed by atoms with Crippen molar-refractivity contribution in [1.29, 1.82) is 0 Å². The summed E-state index contributed by atoms with van der Waals surface area (Å²) >= 11 is 0. The molecule has 2 aromatic heterocycles. The van der Waals surface area contributed by atoms with Gasteiger partial charge in [-0.1, -0.05) is 10.3 Å². The third-order valence-electron chi connectivity index (χ3n) is 5.63. The smallest absolute Gasteiger partial charge is 0.341 e. The molecule has 0 saturated carbocycles. The number of aromatic nitrogens is 2. The Balaban J connectivity index is 1.91. The fourth-order valence-corrected chi connectivity index (χ4v) is 3.98. The predicted octanol–water partition coefficient (Wildman–Crippen LogP) is 2.25. The van der Waals surface area contributed by atoms with E-state index in [0.717, 1.165) is 29.0 Å². The quantitative estimate of drug-likeness (QED) is 0.275. The van der Waals surface area contributed by atoms with Crippen molar-refractivity contribution in [2.45, 2.75) is 6.92 Å². The fourth-order valence-electron chi connectivity index (χ4n) is 3.98. The highest BCUT2D eigenvalue weighted by atomic mass is 19.1. The number of pyridine rings is 2. The van der Waals surface area contributed by atoms with Crippen molar-refractivity contribution in [2.75, 3.05) is 31.7 Å². The van der Waals surface area contributed by atoms with Gasteiger partial charge in [-0.3, -0.25) is 9.36 Å². The molecule has 37 heavy (non-hydrogen) atoms. The number of carboxylic acids is 1.